The van der Waals surface area contributed by atoms with Crippen LogP contribution in [0.3, 0.4) is 0 Å². The van der Waals surface area contributed by atoms with Crippen LogP contribution in [-0.4, -0.2) is 18.9 Å². The minimum atomic E-state index is -1.50. The van der Waals surface area contributed by atoms with E-state index in [1.165, 1.54) is 0 Å². The monoisotopic (exact) mass is 326 g/mol. The average Bonchev–Trinajstić information content (AvgIpc) is 3.17. The summed E-state index contributed by atoms with van der Waals surface area (Å²) in [5.74, 6) is 0.854. The minimum absolute atomic E-state index is 0.0810. The Morgan fingerprint density at radius 1 is 1.25 bits per heavy atom. The van der Waals surface area contributed by atoms with Gasteiger partial charge in [0.25, 0.3) is 0 Å². The zero-order valence-corrected chi connectivity index (χ0v) is 13.3. The minimum Gasteiger partial charge on any atom is -0.497 e. The maximum Gasteiger partial charge on any atom is 0.237 e. The fourth-order valence-corrected chi connectivity index (χ4v) is 4.47. The van der Waals surface area contributed by atoms with Crippen LogP contribution in [0.25, 0.3) is 0 Å². The van der Waals surface area contributed by atoms with Crippen molar-refractivity contribution in [2.45, 2.75) is 18.6 Å². The van der Waals surface area contributed by atoms with E-state index < -0.39 is 4.92 Å². The van der Waals surface area contributed by atoms with Crippen LogP contribution in [0.1, 0.15) is 29.7 Å². The maximum atomic E-state index is 13.1. The van der Waals surface area contributed by atoms with Crippen molar-refractivity contribution in [1.82, 2.24) is 4.92 Å². The van der Waals surface area contributed by atoms with Gasteiger partial charge in [-0.1, -0.05) is 18.2 Å². The molecule has 1 N–H and O–H groups in total. The van der Waals surface area contributed by atoms with Crippen molar-refractivity contribution >= 4 is 11.4 Å². The lowest BCUT2D eigenvalue weighted by molar-refractivity contribution is -0.339. The molecule has 1 fully saturated rings. The number of hydrogen-bond acceptors (Lipinski definition) is 4. The summed E-state index contributed by atoms with van der Waals surface area (Å²) in [5, 5.41) is 25.5. The van der Waals surface area contributed by atoms with Crippen LogP contribution >= 0.6 is 0 Å². The summed E-state index contributed by atoms with van der Waals surface area (Å²) in [6.45, 7) is 0.656. The highest BCUT2D eigenvalue weighted by Gasteiger charge is 2.61. The summed E-state index contributed by atoms with van der Waals surface area (Å²) < 4.78 is 11.3. The molecule has 4 atom stereocenters. The lowest BCUT2D eigenvalue weighted by atomic mass is 9.81. The van der Waals surface area contributed by atoms with Crippen molar-refractivity contribution in [3.63, 3.8) is 0 Å². The molecular formula is C18H18N2O4+. The van der Waals surface area contributed by atoms with Crippen LogP contribution in [0.4, 0.5) is 11.4 Å². The summed E-state index contributed by atoms with van der Waals surface area (Å²) in [7, 11) is 1.62. The number of hydrogen-bond donors (Lipinski definition) is 1. The lowest BCUT2D eigenvalue weighted by Crippen LogP contribution is -2.56. The average molecular weight is 326 g/mol. The SMILES string of the molecule is COc1ccc2c(c1)C1OCCC1C1c3ccccc3[N+]([O])(O)N21. The highest BCUT2D eigenvalue weighted by Crippen LogP contribution is 2.59. The van der Waals surface area contributed by atoms with Crippen LogP contribution in [0.15, 0.2) is 42.5 Å². The van der Waals surface area contributed by atoms with E-state index in [-0.39, 0.29) is 18.1 Å². The summed E-state index contributed by atoms with van der Waals surface area (Å²) in [5.41, 5.74) is 2.89. The number of rotatable bonds is 1. The summed E-state index contributed by atoms with van der Waals surface area (Å²) >= 11 is 0. The molecule has 3 aliphatic rings. The summed E-state index contributed by atoms with van der Waals surface area (Å²) in [4.78, 5) is -1.50. The molecule has 2 aromatic carbocycles. The van der Waals surface area contributed by atoms with Crippen LogP contribution < -0.4 is 14.7 Å². The molecule has 0 bridgehead atoms. The fraction of sp³-hybridized carbons (Fsp3) is 0.333. The second kappa shape index (κ2) is 4.70. The van der Waals surface area contributed by atoms with Crippen molar-refractivity contribution in [1.29, 1.82) is 0 Å². The molecule has 3 heterocycles. The van der Waals surface area contributed by atoms with E-state index in [4.69, 9.17) is 9.47 Å². The van der Waals surface area contributed by atoms with Crippen molar-refractivity contribution in [3.8, 4) is 5.75 Å². The van der Waals surface area contributed by atoms with E-state index in [2.05, 4.69) is 0 Å². The number of fused-ring (bicyclic) bond motifs is 8. The first-order chi connectivity index (χ1) is 11.6. The first-order valence-electron chi connectivity index (χ1n) is 8.14. The molecule has 1 radical (unpaired) electrons. The molecule has 5 rings (SSSR count). The normalized spacial score (nSPS) is 28.8. The predicted molar refractivity (Wildman–Crippen MR) is 85.7 cm³/mol. The highest BCUT2D eigenvalue weighted by atomic mass is 16.9. The summed E-state index contributed by atoms with van der Waals surface area (Å²) in [6, 6.07) is 12.7. The van der Waals surface area contributed by atoms with Crippen LogP contribution in [0.2, 0.25) is 0 Å². The first kappa shape index (κ1) is 14.2. The quantitative estimate of drug-likeness (QED) is 0.817. The molecule has 4 unspecified atom stereocenters. The van der Waals surface area contributed by atoms with Gasteiger partial charge < -0.3 is 9.47 Å². The molecule has 0 saturated carbocycles. The number of anilines is 1. The highest BCUT2D eigenvalue weighted by molar-refractivity contribution is 5.69. The van der Waals surface area contributed by atoms with Gasteiger partial charge >= 0.3 is 0 Å². The van der Waals surface area contributed by atoms with E-state index >= 15 is 0 Å². The fourth-order valence-electron chi connectivity index (χ4n) is 4.47. The second-order valence-corrected chi connectivity index (χ2v) is 6.56. The number of quaternary nitrogens is 1. The number of nitrogens with zero attached hydrogens (tertiary/aromatic N) is 2. The first-order valence-corrected chi connectivity index (χ1v) is 8.14. The molecule has 0 aromatic heterocycles. The number of para-hydroxylation sites is 1. The zero-order chi connectivity index (χ0) is 16.5. The Kier molecular flexibility index (Phi) is 2.79. The van der Waals surface area contributed by atoms with E-state index in [0.717, 1.165) is 23.3 Å². The lowest BCUT2D eigenvalue weighted by Gasteiger charge is -2.39. The molecule has 0 spiro atoms. The van der Waals surface area contributed by atoms with Gasteiger partial charge in [-0.15, -0.1) is 10.2 Å². The molecule has 0 aliphatic carbocycles. The Balaban J connectivity index is 1.77. The Morgan fingerprint density at radius 2 is 2.08 bits per heavy atom. The van der Waals surface area contributed by atoms with Crippen molar-refractivity contribution in [2.24, 2.45) is 5.92 Å². The topological polar surface area (TPSA) is 61.8 Å². The Morgan fingerprint density at radius 3 is 2.92 bits per heavy atom. The van der Waals surface area contributed by atoms with E-state index in [0.29, 0.717) is 18.0 Å². The summed E-state index contributed by atoms with van der Waals surface area (Å²) in [6.07, 6.45) is 0.777. The van der Waals surface area contributed by atoms with Crippen LogP contribution in [-0.2, 0) is 9.94 Å². The van der Waals surface area contributed by atoms with Crippen molar-refractivity contribution in [2.75, 3.05) is 18.7 Å². The maximum absolute atomic E-state index is 13.1. The Labute approximate surface area is 139 Å². The van der Waals surface area contributed by atoms with Crippen LogP contribution in [0.5, 0.6) is 5.75 Å². The van der Waals surface area contributed by atoms with Crippen molar-refractivity contribution < 1.29 is 19.9 Å². The van der Waals surface area contributed by atoms with Crippen molar-refractivity contribution in [3.05, 3.63) is 53.6 Å². The van der Waals surface area contributed by atoms with E-state index in [1.807, 2.05) is 30.3 Å². The van der Waals surface area contributed by atoms with E-state index in [9.17, 15) is 10.4 Å². The third-order valence-corrected chi connectivity index (χ3v) is 5.46. The van der Waals surface area contributed by atoms with Gasteiger partial charge in [-0.2, -0.15) is 0 Å². The Hall–Kier alpha value is -2.12. The van der Waals surface area contributed by atoms with Gasteiger partial charge in [0.1, 0.15) is 22.4 Å². The second-order valence-electron chi connectivity index (χ2n) is 6.56. The zero-order valence-electron chi connectivity index (χ0n) is 13.3. The molecule has 123 valence electrons. The molecule has 1 saturated heterocycles. The molecular weight excluding hydrogens is 308 g/mol. The predicted octanol–water partition coefficient (Wildman–Crippen LogP) is 3.30. The standard InChI is InChI=1S/C18H18N2O4/c1-23-11-6-7-15-14(10-11)18-13(8-9-24-18)17-12-4-2-3-5-16(12)20(21,22)19(15)17/h2-7,10,13,17-18,21H,8-9H2,1H3/q+1. The number of ether oxygens (including phenoxy) is 2. The van der Waals surface area contributed by atoms with E-state index in [1.54, 1.807) is 24.3 Å². The van der Waals surface area contributed by atoms with Gasteiger partial charge in [-0.3, -0.25) is 0 Å². The number of benzene rings is 2. The van der Waals surface area contributed by atoms with Gasteiger partial charge in [0.05, 0.1) is 24.0 Å². The molecule has 3 aliphatic heterocycles. The van der Waals surface area contributed by atoms with Gasteiger partial charge in [0.15, 0.2) is 0 Å². The van der Waals surface area contributed by atoms with Crippen LogP contribution in [0, 0.1) is 5.92 Å². The largest absolute Gasteiger partial charge is 0.497 e. The molecule has 0 amide bonds. The van der Waals surface area contributed by atoms with Gasteiger partial charge in [0, 0.05) is 24.2 Å². The van der Waals surface area contributed by atoms with Gasteiger partial charge in [0.2, 0.25) is 5.69 Å². The third kappa shape index (κ3) is 1.63. The molecule has 6 nitrogen and oxygen atoms in total. The number of methoxy groups -OCH3 is 1. The molecule has 24 heavy (non-hydrogen) atoms. The Bertz CT molecular complexity index is 822. The molecule has 6 heteroatoms. The van der Waals surface area contributed by atoms with Gasteiger partial charge in [-0.25, -0.2) is 0 Å². The third-order valence-electron chi connectivity index (χ3n) is 5.46. The smallest absolute Gasteiger partial charge is 0.237 e. The van der Waals surface area contributed by atoms with Gasteiger partial charge in [-0.05, 0) is 24.6 Å². The molecule has 2 aromatic rings.